The number of aromatic nitrogens is 3. The lowest BCUT2D eigenvalue weighted by atomic mass is 9.65. The zero-order chi connectivity index (χ0) is 33.2. The first-order chi connectivity index (χ1) is 24.7. The van der Waals surface area contributed by atoms with Crippen molar-refractivity contribution < 1.29 is 0 Å². The van der Waals surface area contributed by atoms with E-state index in [4.69, 9.17) is 9.97 Å². The van der Waals surface area contributed by atoms with Crippen LogP contribution < -0.4 is 0 Å². The van der Waals surface area contributed by atoms with Crippen molar-refractivity contribution >= 4 is 0 Å². The van der Waals surface area contributed by atoms with Gasteiger partial charge in [0, 0.05) is 29.1 Å². The van der Waals surface area contributed by atoms with Gasteiger partial charge in [-0.15, -0.1) is 0 Å². The van der Waals surface area contributed by atoms with E-state index in [-0.39, 0.29) is 0 Å². The maximum absolute atomic E-state index is 5.27. The van der Waals surface area contributed by atoms with Crippen LogP contribution in [0.3, 0.4) is 0 Å². The highest BCUT2D eigenvalue weighted by Gasteiger charge is 2.49. The second kappa shape index (κ2) is 11.0. The van der Waals surface area contributed by atoms with Crippen molar-refractivity contribution in [2.24, 2.45) is 0 Å². The fourth-order valence-corrected chi connectivity index (χ4v) is 8.30. The number of aryl methyl sites for hydroxylation is 1. The zero-order valence-corrected chi connectivity index (χ0v) is 27.5. The number of benzene rings is 6. The van der Waals surface area contributed by atoms with Crippen LogP contribution in [0.2, 0.25) is 0 Å². The number of hydrogen-bond donors (Lipinski definition) is 0. The van der Waals surface area contributed by atoms with E-state index in [0.717, 1.165) is 28.1 Å². The molecule has 3 heteroatoms. The molecule has 2 aliphatic carbocycles. The molecule has 6 aromatic carbocycles. The summed E-state index contributed by atoms with van der Waals surface area (Å²) in [5, 5.41) is 0. The highest BCUT2D eigenvalue weighted by molar-refractivity contribution is 5.97. The largest absolute Gasteiger partial charge is 0.265 e. The zero-order valence-electron chi connectivity index (χ0n) is 27.5. The third-order valence-electron chi connectivity index (χ3n) is 10.5. The second-order valence-electron chi connectivity index (χ2n) is 13.3. The summed E-state index contributed by atoms with van der Waals surface area (Å²) in [6, 6.07) is 57.4. The van der Waals surface area contributed by atoms with E-state index in [1.165, 1.54) is 61.2 Å². The van der Waals surface area contributed by atoms with Crippen molar-refractivity contribution in [1.82, 2.24) is 15.0 Å². The third-order valence-corrected chi connectivity index (χ3v) is 10.5. The van der Waals surface area contributed by atoms with Gasteiger partial charge in [0.05, 0.1) is 16.8 Å². The van der Waals surface area contributed by atoms with E-state index < -0.39 is 5.41 Å². The van der Waals surface area contributed by atoms with Crippen LogP contribution in [0.5, 0.6) is 0 Å². The molecule has 0 saturated carbocycles. The summed E-state index contributed by atoms with van der Waals surface area (Å²) in [5.41, 5.74) is 18.1. The van der Waals surface area contributed by atoms with E-state index in [0.29, 0.717) is 5.82 Å². The van der Waals surface area contributed by atoms with Gasteiger partial charge < -0.3 is 0 Å². The topological polar surface area (TPSA) is 38.7 Å². The molecular weight excluding hydrogens is 607 g/mol. The summed E-state index contributed by atoms with van der Waals surface area (Å²) in [7, 11) is 0. The van der Waals surface area contributed by atoms with E-state index in [1.54, 1.807) is 0 Å². The van der Waals surface area contributed by atoms with Gasteiger partial charge in [-0.05, 0) is 86.8 Å². The first kappa shape index (κ1) is 28.6. The Morgan fingerprint density at radius 2 is 0.840 bits per heavy atom. The maximum atomic E-state index is 5.27. The highest BCUT2D eigenvalue weighted by Crippen LogP contribution is 2.61. The van der Waals surface area contributed by atoms with E-state index >= 15 is 0 Å². The molecule has 0 atom stereocenters. The molecule has 50 heavy (non-hydrogen) atoms. The monoisotopic (exact) mass is 637 g/mol. The molecule has 0 bridgehead atoms. The Morgan fingerprint density at radius 1 is 0.380 bits per heavy atom. The van der Waals surface area contributed by atoms with Gasteiger partial charge in [0.15, 0.2) is 5.82 Å². The van der Waals surface area contributed by atoms with Gasteiger partial charge in [0.1, 0.15) is 0 Å². The number of hydrogen-bond acceptors (Lipinski definition) is 3. The van der Waals surface area contributed by atoms with Crippen molar-refractivity contribution in [3.05, 3.63) is 198 Å². The molecule has 10 rings (SSSR count). The van der Waals surface area contributed by atoms with E-state index in [9.17, 15) is 0 Å². The van der Waals surface area contributed by atoms with Crippen molar-refractivity contribution in [3.8, 4) is 67.3 Å². The first-order valence-electron chi connectivity index (χ1n) is 17.1. The number of pyridine rings is 1. The molecule has 0 fully saturated rings. The van der Waals surface area contributed by atoms with Crippen molar-refractivity contribution in [2.45, 2.75) is 12.3 Å². The lowest BCUT2D eigenvalue weighted by Gasteiger charge is -2.35. The molecule has 8 aromatic rings. The fourth-order valence-electron chi connectivity index (χ4n) is 8.30. The Bertz CT molecular complexity index is 2560. The molecule has 0 aliphatic heterocycles. The minimum atomic E-state index is -0.547. The van der Waals surface area contributed by atoms with E-state index in [2.05, 4.69) is 158 Å². The van der Waals surface area contributed by atoms with Crippen molar-refractivity contribution in [1.29, 1.82) is 0 Å². The van der Waals surface area contributed by atoms with Crippen molar-refractivity contribution in [2.75, 3.05) is 0 Å². The van der Waals surface area contributed by atoms with Crippen LogP contribution in [0.15, 0.2) is 170 Å². The average molecular weight is 638 g/mol. The molecule has 2 aliphatic rings. The van der Waals surface area contributed by atoms with Gasteiger partial charge >= 0.3 is 0 Å². The van der Waals surface area contributed by atoms with Gasteiger partial charge in [-0.1, -0.05) is 139 Å². The molecule has 2 aromatic heterocycles. The molecule has 234 valence electrons. The molecule has 0 saturated heterocycles. The van der Waals surface area contributed by atoms with Crippen LogP contribution in [-0.2, 0) is 5.41 Å². The van der Waals surface area contributed by atoms with Gasteiger partial charge in [0.25, 0.3) is 0 Å². The average Bonchev–Trinajstić information content (AvgIpc) is 3.43. The Balaban J connectivity index is 1.31. The van der Waals surface area contributed by atoms with Crippen LogP contribution >= 0.6 is 0 Å². The number of rotatable bonds is 3. The summed E-state index contributed by atoms with van der Waals surface area (Å²) >= 11 is 0. The van der Waals surface area contributed by atoms with Crippen LogP contribution in [0.4, 0.5) is 0 Å². The second-order valence-corrected chi connectivity index (χ2v) is 13.3. The summed E-state index contributed by atoms with van der Waals surface area (Å²) in [4.78, 5) is 14.6. The van der Waals surface area contributed by atoms with E-state index in [1.807, 2.05) is 24.5 Å². The molecule has 2 heterocycles. The third kappa shape index (κ3) is 4.13. The SMILES string of the molecule is Cc1ccc(-c2nc(-c3ccncc3)cc(-c3ccc4c(c3)C3(c5ccccc5-c5ccccc5-4)c4ccccc4-c4ccccc43)n2)cc1. The van der Waals surface area contributed by atoms with Gasteiger partial charge in [0.2, 0.25) is 0 Å². The number of fused-ring (bicyclic) bond motifs is 12. The quantitative estimate of drug-likeness (QED) is 0.193. The predicted molar refractivity (Wildman–Crippen MR) is 203 cm³/mol. The lowest BCUT2D eigenvalue weighted by molar-refractivity contribution is 0.775. The smallest absolute Gasteiger partial charge is 0.160 e. The Kier molecular flexibility index (Phi) is 6.31. The fraction of sp³-hybridized carbons (Fsp3) is 0.0426. The standard InChI is InChI=1S/C47H31N3/c1-30-18-20-32(21-19-30)46-49-44(31-24-26-48-27-25-31)29-45(50-46)33-22-23-39-35-11-3-2-10-34(35)36-12-4-7-15-40(36)47(43(39)28-33)41-16-8-5-13-37(41)38-14-6-9-17-42(38)47/h2-29H,1H3. The minimum Gasteiger partial charge on any atom is -0.265 e. The molecule has 0 unspecified atom stereocenters. The van der Waals surface area contributed by atoms with Crippen molar-refractivity contribution in [3.63, 3.8) is 0 Å². The Morgan fingerprint density at radius 3 is 1.42 bits per heavy atom. The first-order valence-corrected chi connectivity index (χ1v) is 17.1. The Hall–Kier alpha value is -6.45. The molecule has 1 spiro atoms. The highest BCUT2D eigenvalue weighted by atomic mass is 14.9. The molecule has 0 N–H and O–H groups in total. The Labute approximate surface area is 291 Å². The summed E-state index contributed by atoms with van der Waals surface area (Å²) in [6.45, 7) is 2.10. The molecule has 3 nitrogen and oxygen atoms in total. The lowest BCUT2D eigenvalue weighted by Crippen LogP contribution is -2.29. The van der Waals surface area contributed by atoms with Crippen LogP contribution in [0.1, 0.15) is 27.8 Å². The maximum Gasteiger partial charge on any atom is 0.160 e. The molecule has 0 radical (unpaired) electrons. The van der Waals surface area contributed by atoms with Gasteiger partial charge in [-0.3, -0.25) is 4.98 Å². The predicted octanol–water partition coefficient (Wildman–Crippen LogP) is 11.2. The van der Waals surface area contributed by atoms with Gasteiger partial charge in [-0.25, -0.2) is 9.97 Å². The summed E-state index contributed by atoms with van der Waals surface area (Å²) in [6.07, 6.45) is 3.64. The number of nitrogens with zero attached hydrogens (tertiary/aromatic N) is 3. The summed E-state index contributed by atoms with van der Waals surface area (Å²) < 4.78 is 0. The normalized spacial score (nSPS) is 13.1. The van der Waals surface area contributed by atoms with Gasteiger partial charge in [-0.2, -0.15) is 0 Å². The molecule has 0 amide bonds. The molecular formula is C47H31N3. The van der Waals surface area contributed by atoms with Crippen LogP contribution in [-0.4, -0.2) is 15.0 Å². The summed E-state index contributed by atoms with van der Waals surface area (Å²) in [5.74, 6) is 0.700. The minimum absolute atomic E-state index is 0.547. The van der Waals surface area contributed by atoms with Crippen LogP contribution in [0, 0.1) is 6.92 Å². The van der Waals surface area contributed by atoms with Crippen LogP contribution in [0.25, 0.3) is 67.3 Å².